The molecule has 11 heteroatoms. The van der Waals surface area contributed by atoms with Gasteiger partial charge in [-0.1, -0.05) is 32.9 Å². The third-order valence-corrected chi connectivity index (χ3v) is 11.2. The number of carbonyl (C=O) groups is 1. The van der Waals surface area contributed by atoms with Crippen molar-refractivity contribution in [2.45, 2.75) is 75.7 Å². The minimum Gasteiger partial charge on any atom is -0.369 e. The van der Waals surface area contributed by atoms with Crippen LogP contribution in [0, 0.1) is 17.2 Å². The van der Waals surface area contributed by atoms with E-state index in [4.69, 9.17) is 4.98 Å². The Morgan fingerprint density at radius 2 is 1.79 bits per heavy atom. The summed E-state index contributed by atoms with van der Waals surface area (Å²) < 4.78 is 52.9. The second kappa shape index (κ2) is 9.81. The maximum atomic E-state index is 14.6. The summed E-state index contributed by atoms with van der Waals surface area (Å²) >= 11 is 1.48. The average Bonchev–Trinajstić information content (AvgIpc) is 3.49. The van der Waals surface area contributed by atoms with Crippen LogP contribution in [0.2, 0.25) is 0 Å². The summed E-state index contributed by atoms with van der Waals surface area (Å²) in [5.74, 6) is -4.56. The highest BCUT2D eigenvalue weighted by Crippen LogP contribution is 2.50. The summed E-state index contributed by atoms with van der Waals surface area (Å²) in [5, 5.41) is 13.1. The molecular formula is C28H34F2N4O3S2. The Morgan fingerprint density at radius 1 is 1.15 bits per heavy atom. The van der Waals surface area contributed by atoms with Gasteiger partial charge in [0.1, 0.15) is 5.54 Å². The highest BCUT2D eigenvalue weighted by atomic mass is 32.2. The SMILES string of the molecule is CC(C)(C)c1nc(-c2ccc(N3CCS(=O)(=O)CC3)cc2)c([C@@H]2CCC(F)(F)C[C@H]2C(=O)NC2(C#N)CC2)s1. The fourth-order valence-corrected chi connectivity index (χ4v) is 7.90. The van der Waals surface area contributed by atoms with E-state index in [0.29, 0.717) is 31.6 Å². The number of hydrogen-bond acceptors (Lipinski definition) is 7. The molecule has 2 aromatic rings. The van der Waals surface area contributed by atoms with E-state index >= 15 is 0 Å². The zero-order valence-electron chi connectivity index (χ0n) is 22.5. The summed E-state index contributed by atoms with van der Waals surface area (Å²) in [5.41, 5.74) is 1.25. The molecule has 210 valence electrons. The van der Waals surface area contributed by atoms with E-state index in [0.717, 1.165) is 21.1 Å². The van der Waals surface area contributed by atoms with Crippen molar-refractivity contribution in [1.82, 2.24) is 10.3 Å². The lowest BCUT2D eigenvalue weighted by atomic mass is 9.75. The van der Waals surface area contributed by atoms with E-state index < -0.39 is 45.5 Å². The Bertz CT molecular complexity index is 1390. The van der Waals surface area contributed by atoms with Crippen LogP contribution in [-0.2, 0) is 20.0 Å². The molecule has 1 aliphatic heterocycles. The molecule has 2 saturated carbocycles. The van der Waals surface area contributed by atoms with Crippen molar-refractivity contribution in [2.75, 3.05) is 29.5 Å². The molecule has 3 aliphatic rings. The topological polar surface area (TPSA) is 103 Å². The van der Waals surface area contributed by atoms with Gasteiger partial charge in [-0.15, -0.1) is 11.3 Å². The first-order chi connectivity index (χ1) is 18.2. The third kappa shape index (κ3) is 5.97. The van der Waals surface area contributed by atoms with Crippen LogP contribution in [-0.4, -0.2) is 55.4 Å². The largest absolute Gasteiger partial charge is 0.369 e. The molecule has 39 heavy (non-hydrogen) atoms. The number of carbonyl (C=O) groups excluding carboxylic acids is 1. The number of thiazole rings is 1. The summed E-state index contributed by atoms with van der Waals surface area (Å²) in [6, 6.07) is 9.88. The normalized spacial score (nSPS) is 25.5. The number of halogens is 2. The van der Waals surface area contributed by atoms with Crippen molar-refractivity contribution in [3.63, 3.8) is 0 Å². The van der Waals surface area contributed by atoms with E-state index in [9.17, 15) is 27.3 Å². The van der Waals surface area contributed by atoms with Crippen molar-refractivity contribution in [2.24, 2.45) is 5.92 Å². The van der Waals surface area contributed by atoms with Gasteiger partial charge in [-0.3, -0.25) is 4.79 Å². The van der Waals surface area contributed by atoms with Gasteiger partial charge < -0.3 is 10.2 Å². The molecule has 0 bridgehead atoms. The molecule has 1 aromatic heterocycles. The van der Waals surface area contributed by atoms with Crippen LogP contribution in [0.1, 0.15) is 68.7 Å². The third-order valence-electron chi connectivity index (χ3n) is 7.97. The fourth-order valence-electron chi connectivity index (χ4n) is 5.35. The van der Waals surface area contributed by atoms with E-state index in [1.54, 1.807) is 0 Å². The van der Waals surface area contributed by atoms with E-state index in [1.807, 2.05) is 29.2 Å². The number of aromatic nitrogens is 1. The number of alkyl halides is 2. The van der Waals surface area contributed by atoms with E-state index in [1.165, 1.54) is 11.3 Å². The van der Waals surface area contributed by atoms with E-state index in [-0.39, 0.29) is 29.8 Å². The van der Waals surface area contributed by atoms with Crippen molar-refractivity contribution in [3.05, 3.63) is 34.2 Å². The van der Waals surface area contributed by atoms with Crippen molar-refractivity contribution >= 4 is 32.8 Å². The number of hydrogen-bond donors (Lipinski definition) is 1. The van der Waals surface area contributed by atoms with Crippen LogP contribution in [0.25, 0.3) is 11.3 Å². The molecule has 0 unspecified atom stereocenters. The first-order valence-corrected chi connectivity index (χ1v) is 16.0. The molecule has 0 spiro atoms. The molecule has 7 nitrogen and oxygen atoms in total. The van der Waals surface area contributed by atoms with Crippen LogP contribution < -0.4 is 10.2 Å². The molecule has 1 saturated heterocycles. The molecule has 2 aliphatic carbocycles. The van der Waals surface area contributed by atoms with Gasteiger partial charge in [-0.2, -0.15) is 5.26 Å². The predicted molar refractivity (Wildman–Crippen MR) is 148 cm³/mol. The Kier molecular flexibility index (Phi) is 7.03. The van der Waals surface area contributed by atoms with Crippen LogP contribution >= 0.6 is 11.3 Å². The summed E-state index contributed by atoms with van der Waals surface area (Å²) in [7, 11) is -2.99. The molecule has 5 rings (SSSR count). The lowest BCUT2D eigenvalue weighted by Crippen LogP contribution is -2.45. The molecule has 1 amide bonds. The standard InChI is InChI=1S/C28H34F2N4O3S2/c1-26(2,3)25-32-22(18-4-6-19(7-5-18)34-12-14-39(36,37)15-13-34)23(38-25)20-8-9-28(29,30)16-21(20)24(35)33-27(17-31)10-11-27/h4-7,20-21H,8-16H2,1-3H3,(H,33,35)/t20-,21-/m1/s1. The fraction of sp³-hybridized carbons (Fsp3) is 0.607. The first-order valence-electron chi connectivity index (χ1n) is 13.4. The Morgan fingerprint density at radius 3 is 2.36 bits per heavy atom. The van der Waals surface area contributed by atoms with Crippen LogP contribution in [0.5, 0.6) is 0 Å². The van der Waals surface area contributed by atoms with Gasteiger partial charge in [-0.25, -0.2) is 22.2 Å². The number of sulfone groups is 1. The lowest BCUT2D eigenvalue weighted by molar-refractivity contribution is -0.134. The molecule has 0 radical (unpaired) electrons. The number of rotatable bonds is 5. The number of benzene rings is 1. The van der Waals surface area contributed by atoms with Crippen molar-refractivity contribution in [3.8, 4) is 17.3 Å². The van der Waals surface area contributed by atoms with Gasteiger partial charge in [0.2, 0.25) is 11.8 Å². The number of nitrogens with one attached hydrogen (secondary N) is 1. The monoisotopic (exact) mass is 576 g/mol. The van der Waals surface area contributed by atoms with Gasteiger partial charge in [0.15, 0.2) is 9.84 Å². The Hall–Kier alpha value is -2.58. The maximum Gasteiger partial charge on any atom is 0.249 e. The highest BCUT2D eigenvalue weighted by molar-refractivity contribution is 7.91. The molecule has 3 fully saturated rings. The van der Waals surface area contributed by atoms with Gasteiger partial charge in [0, 0.05) is 53.4 Å². The van der Waals surface area contributed by atoms with E-state index in [2.05, 4.69) is 32.2 Å². The van der Waals surface area contributed by atoms with Crippen molar-refractivity contribution < 1.29 is 22.0 Å². The molecule has 1 aromatic carbocycles. The Balaban J connectivity index is 1.49. The Labute approximate surface area is 232 Å². The number of amides is 1. The second-order valence-electron chi connectivity index (χ2n) is 12.2. The minimum atomic E-state index is -2.99. The zero-order valence-corrected chi connectivity index (χ0v) is 24.1. The van der Waals surface area contributed by atoms with Crippen LogP contribution in [0.15, 0.2) is 24.3 Å². The van der Waals surface area contributed by atoms with Gasteiger partial charge >= 0.3 is 0 Å². The van der Waals surface area contributed by atoms with Gasteiger partial charge in [0.25, 0.3) is 0 Å². The lowest BCUT2D eigenvalue weighted by Gasteiger charge is -2.35. The number of nitriles is 1. The summed E-state index contributed by atoms with van der Waals surface area (Å²) in [4.78, 5) is 21.2. The second-order valence-corrected chi connectivity index (χ2v) is 15.5. The minimum absolute atomic E-state index is 0.128. The molecular weight excluding hydrogens is 542 g/mol. The quantitative estimate of drug-likeness (QED) is 0.535. The smallest absolute Gasteiger partial charge is 0.249 e. The predicted octanol–water partition coefficient (Wildman–Crippen LogP) is 5.03. The molecule has 2 heterocycles. The highest BCUT2D eigenvalue weighted by Gasteiger charge is 2.51. The van der Waals surface area contributed by atoms with Gasteiger partial charge in [0.05, 0.1) is 34.2 Å². The molecule has 1 N–H and O–H groups in total. The summed E-state index contributed by atoms with van der Waals surface area (Å²) in [6.45, 7) is 7.03. The number of anilines is 1. The van der Waals surface area contributed by atoms with Crippen LogP contribution in [0.3, 0.4) is 0 Å². The van der Waals surface area contributed by atoms with Gasteiger partial charge in [-0.05, 0) is 31.4 Å². The first kappa shape index (κ1) is 28.0. The maximum absolute atomic E-state index is 14.6. The average molecular weight is 577 g/mol. The number of nitrogens with zero attached hydrogens (tertiary/aromatic N) is 3. The summed E-state index contributed by atoms with van der Waals surface area (Å²) in [6.07, 6.45) is 0.383. The van der Waals surface area contributed by atoms with Crippen LogP contribution in [0.4, 0.5) is 14.5 Å². The molecule has 2 atom stereocenters. The van der Waals surface area contributed by atoms with Crippen molar-refractivity contribution in [1.29, 1.82) is 5.26 Å². The zero-order chi connectivity index (χ0) is 28.2.